The van der Waals surface area contributed by atoms with Crippen LogP contribution in [-0.4, -0.2) is 12.8 Å². The van der Waals surface area contributed by atoms with E-state index in [4.69, 9.17) is 0 Å². The van der Waals surface area contributed by atoms with Crippen molar-refractivity contribution in [1.82, 2.24) is 0 Å². The van der Waals surface area contributed by atoms with Crippen molar-refractivity contribution >= 4 is 5.71 Å². The van der Waals surface area contributed by atoms with Gasteiger partial charge < -0.3 is 0 Å². The van der Waals surface area contributed by atoms with Crippen molar-refractivity contribution in [3.63, 3.8) is 0 Å². The van der Waals surface area contributed by atoms with Gasteiger partial charge in [-0.05, 0) is 42.2 Å². The first-order chi connectivity index (χ1) is 8.11. The van der Waals surface area contributed by atoms with Crippen LogP contribution in [0.4, 0.5) is 0 Å². The summed E-state index contributed by atoms with van der Waals surface area (Å²) in [7, 11) is 1.87. The zero-order valence-corrected chi connectivity index (χ0v) is 13.6. The number of nitrogens with zero attached hydrogens (tertiary/aromatic N) is 1. The first-order valence-corrected chi connectivity index (χ1v) is 6.92. The molecule has 0 rings (SSSR count). The summed E-state index contributed by atoms with van der Waals surface area (Å²) in [4.78, 5) is 4.42. The molecule has 0 spiro atoms. The van der Waals surface area contributed by atoms with E-state index < -0.39 is 0 Å². The Morgan fingerprint density at radius 3 is 1.94 bits per heavy atom. The van der Waals surface area contributed by atoms with E-state index >= 15 is 0 Å². The molecule has 0 aliphatic heterocycles. The largest absolute Gasteiger partial charge is 0.288 e. The van der Waals surface area contributed by atoms with Gasteiger partial charge in [-0.3, -0.25) is 4.99 Å². The molecule has 1 nitrogen and oxygen atoms in total. The third kappa shape index (κ3) is 6.78. The number of hydrogen-bond donors (Lipinski definition) is 0. The highest BCUT2D eigenvalue weighted by atomic mass is 14.7. The normalized spacial score (nSPS) is 15.6. The van der Waals surface area contributed by atoms with Gasteiger partial charge in [0.25, 0.3) is 0 Å². The lowest BCUT2D eigenvalue weighted by atomic mass is 9.83. The van der Waals surface area contributed by atoms with Gasteiger partial charge in [-0.15, -0.1) is 0 Å². The predicted octanol–water partition coefficient (Wildman–Crippen LogP) is 5.43. The smallest absolute Gasteiger partial charge is 0.0601 e. The van der Waals surface area contributed by atoms with Crippen LogP contribution in [0.1, 0.15) is 61.3 Å². The fraction of sp³-hybridized carbons (Fsp3) is 0.706. The summed E-state index contributed by atoms with van der Waals surface area (Å²) in [5.41, 5.74) is 2.98. The third-order valence-corrected chi connectivity index (χ3v) is 2.95. The van der Waals surface area contributed by atoms with E-state index in [1.807, 2.05) is 7.05 Å². The van der Waals surface area contributed by atoms with Gasteiger partial charge in [-0.25, -0.2) is 0 Å². The molecule has 0 amide bonds. The van der Waals surface area contributed by atoms with Crippen LogP contribution in [0, 0.1) is 10.8 Å². The lowest BCUT2D eigenvalue weighted by molar-refractivity contribution is 0.381. The molecule has 0 saturated heterocycles. The Bertz CT molecular complexity index is 330. The molecule has 0 aromatic carbocycles. The molecular formula is C17H31N. The van der Waals surface area contributed by atoms with Crippen molar-refractivity contribution < 1.29 is 0 Å². The summed E-state index contributed by atoms with van der Waals surface area (Å²) in [6.45, 7) is 15.6. The molecule has 0 bridgehead atoms. The average Bonchev–Trinajstić information content (AvgIpc) is 2.19. The van der Waals surface area contributed by atoms with Gasteiger partial charge in [0.1, 0.15) is 0 Å². The Kier molecular flexibility index (Phi) is 6.59. The molecule has 104 valence electrons. The molecule has 0 heterocycles. The molecule has 0 unspecified atom stereocenters. The maximum absolute atomic E-state index is 4.42. The predicted molar refractivity (Wildman–Crippen MR) is 84.4 cm³/mol. The number of rotatable bonds is 4. The molecular weight excluding hydrogens is 218 g/mol. The number of allylic oxidation sites excluding steroid dienone is 4. The molecule has 18 heavy (non-hydrogen) atoms. The van der Waals surface area contributed by atoms with E-state index in [0.29, 0.717) is 5.41 Å². The highest BCUT2D eigenvalue weighted by Gasteiger charge is 2.19. The molecule has 0 fully saturated rings. The highest BCUT2D eigenvalue weighted by molar-refractivity contribution is 6.09. The summed E-state index contributed by atoms with van der Waals surface area (Å²) in [6, 6.07) is 0. The van der Waals surface area contributed by atoms with Gasteiger partial charge in [0.2, 0.25) is 0 Å². The Morgan fingerprint density at radius 1 is 1.06 bits per heavy atom. The molecule has 0 aliphatic rings. The zero-order chi connectivity index (χ0) is 14.4. The van der Waals surface area contributed by atoms with E-state index in [1.54, 1.807) is 0 Å². The molecule has 0 aliphatic carbocycles. The molecule has 0 N–H and O–H groups in total. The van der Waals surface area contributed by atoms with Crippen molar-refractivity contribution in [3.05, 3.63) is 23.8 Å². The third-order valence-electron chi connectivity index (χ3n) is 2.95. The second kappa shape index (κ2) is 6.92. The van der Waals surface area contributed by atoms with Gasteiger partial charge in [0.05, 0.1) is 5.71 Å². The standard InChI is InChI=1S/C17H31N/c1-9-14(17(5,6)7)15(18-8)12-10-11-13-16(2,3)4/h9-10,12H,11,13H2,1-8H3/b12-10-,14-9+,18-15-. The van der Waals surface area contributed by atoms with Gasteiger partial charge in [0, 0.05) is 7.05 Å². The highest BCUT2D eigenvalue weighted by Crippen LogP contribution is 2.27. The minimum Gasteiger partial charge on any atom is -0.288 e. The van der Waals surface area contributed by atoms with Crippen molar-refractivity contribution in [2.75, 3.05) is 7.05 Å². The maximum atomic E-state index is 4.42. The van der Waals surface area contributed by atoms with Crippen molar-refractivity contribution in [2.24, 2.45) is 15.8 Å². The lowest BCUT2D eigenvalue weighted by Crippen LogP contribution is -2.16. The Morgan fingerprint density at radius 2 is 1.61 bits per heavy atom. The van der Waals surface area contributed by atoms with E-state index in [-0.39, 0.29) is 5.41 Å². The van der Waals surface area contributed by atoms with Crippen LogP contribution in [-0.2, 0) is 0 Å². The zero-order valence-electron chi connectivity index (χ0n) is 13.6. The Hall–Kier alpha value is -0.850. The second-order valence-corrected chi connectivity index (χ2v) is 7.06. The van der Waals surface area contributed by atoms with Crippen molar-refractivity contribution in [2.45, 2.75) is 61.3 Å². The first-order valence-electron chi connectivity index (χ1n) is 6.92. The van der Waals surface area contributed by atoms with Crippen LogP contribution in [0.15, 0.2) is 28.8 Å². The van der Waals surface area contributed by atoms with Crippen molar-refractivity contribution in [1.29, 1.82) is 0 Å². The van der Waals surface area contributed by atoms with Crippen LogP contribution in [0.2, 0.25) is 0 Å². The van der Waals surface area contributed by atoms with Gasteiger partial charge >= 0.3 is 0 Å². The Balaban J connectivity index is 4.69. The van der Waals surface area contributed by atoms with Crippen LogP contribution in [0.3, 0.4) is 0 Å². The van der Waals surface area contributed by atoms with Crippen LogP contribution >= 0.6 is 0 Å². The van der Waals surface area contributed by atoms with E-state index in [9.17, 15) is 0 Å². The minimum atomic E-state index is 0.151. The monoisotopic (exact) mass is 249 g/mol. The van der Waals surface area contributed by atoms with E-state index in [1.165, 1.54) is 12.0 Å². The Labute approximate surface area is 114 Å². The molecule has 1 heteroatoms. The maximum Gasteiger partial charge on any atom is 0.0601 e. The van der Waals surface area contributed by atoms with Gasteiger partial charge in [-0.2, -0.15) is 0 Å². The fourth-order valence-corrected chi connectivity index (χ4v) is 1.96. The number of aliphatic imine (C=N–C) groups is 1. The average molecular weight is 249 g/mol. The summed E-state index contributed by atoms with van der Waals surface area (Å²) in [6.07, 6.45) is 8.93. The first kappa shape index (κ1) is 17.2. The van der Waals surface area contributed by atoms with Crippen LogP contribution in [0.25, 0.3) is 0 Å². The van der Waals surface area contributed by atoms with E-state index in [2.05, 4.69) is 71.7 Å². The molecule has 0 aromatic rings. The van der Waals surface area contributed by atoms with Gasteiger partial charge in [-0.1, -0.05) is 53.7 Å². The SMILES string of the molecule is C\C=C(C(/C=C\CCC(C)(C)C)=N\C)\C(C)(C)C. The molecule has 0 radical (unpaired) electrons. The number of hydrogen-bond acceptors (Lipinski definition) is 1. The molecule has 0 aromatic heterocycles. The quantitative estimate of drug-likeness (QED) is 0.589. The second-order valence-electron chi connectivity index (χ2n) is 7.06. The summed E-state index contributed by atoms with van der Waals surface area (Å²) >= 11 is 0. The summed E-state index contributed by atoms with van der Waals surface area (Å²) < 4.78 is 0. The summed E-state index contributed by atoms with van der Waals surface area (Å²) in [5.74, 6) is 0. The molecule has 0 saturated carbocycles. The van der Waals surface area contributed by atoms with Crippen molar-refractivity contribution in [3.8, 4) is 0 Å². The molecule has 0 atom stereocenters. The van der Waals surface area contributed by atoms with Crippen LogP contribution < -0.4 is 0 Å². The summed E-state index contributed by atoms with van der Waals surface area (Å²) in [5, 5.41) is 0. The van der Waals surface area contributed by atoms with Crippen LogP contribution in [0.5, 0.6) is 0 Å². The fourth-order valence-electron chi connectivity index (χ4n) is 1.96. The van der Waals surface area contributed by atoms with E-state index in [0.717, 1.165) is 12.1 Å². The van der Waals surface area contributed by atoms with Gasteiger partial charge in [0.15, 0.2) is 0 Å². The lowest BCUT2D eigenvalue weighted by Gasteiger charge is -2.23. The minimum absolute atomic E-state index is 0.151. The topological polar surface area (TPSA) is 12.4 Å².